The second-order valence-electron chi connectivity index (χ2n) is 6.88. The van der Waals surface area contributed by atoms with Gasteiger partial charge >= 0.3 is 0 Å². The summed E-state index contributed by atoms with van der Waals surface area (Å²) in [5.41, 5.74) is 0.118. The van der Waals surface area contributed by atoms with E-state index in [2.05, 4.69) is 41.4 Å². The van der Waals surface area contributed by atoms with Gasteiger partial charge in [0.25, 0.3) is 0 Å². The number of pyridine rings is 1. The van der Waals surface area contributed by atoms with E-state index in [9.17, 15) is 8.78 Å². The molecule has 2 aromatic rings. The van der Waals surface area contributed by atoms with Gasteiger partial charge in [0.1, 0.15) is 17.3 Å². The molecular formula is C15H21F2N5. The largest absolute Gasteiger partial charge is 0.302 e. The zero-order valence-electron chi connectivity index (χ0n) is 13.5. The molecule has 0 fully saturated rings. The molecule has 0 amide bonds. The summed E-state index contributed by atoms with van der Waals surface area (Å²) in [6, 6.07) is 0. The Hall–Kier alpha value is -1.89. The Morgan fingerprint density at radius 2 is 1.68 bits per heavy atom. The molecule has 22 heavy (non-hydrogen) atoms. The van der Waals surface area contributed by atoms with E-state index in [-0.39, 0.29) is 17.6 Å². The molecule has 5 nitrogen and oxygen atoms in total. The van der Waals surface area contributed by atoms with Gasteiger partial charge in [-0.2, -0.15) is 0 Å². The van der Waals surface area contributed by atoms with Crippen LogP contribution in [0.4, 0.5) is 8.78 Å². The molecule has 2 aromatic heterocycles. The maximum atomic E-state index is 13.6. The fourth-order valence-electron chi connectivity index (χ4n) is 2.41. The zero-order chi connectivity index (χ0) is 16.5. The lowest BCUT2D eigenvalue weighted by Gasteiger charge is -2.33. The molecule has 0 saturated heterocycles. The highest BCUT2D eigenvalue weighted by atomic mass is 19.1. The fourth-order valence-corrected chi connectivity index (χ4v) is 2.41. The monoisotopic (exact) mass is 309 g/mol. The molecular weight excluding hydrogens is 288 g/mol. The van der Waals surface area contributed by atoms with Crippen molar-refractivity contribution in [2.45, 2.75) is 52.2 Å². The highest BCUT2D eigenvalue weighted by Crippen LogP contribution is 2.21. The van der Waals surface area contributed by atoms with Crippen molar-refractivity contribution in [3.05, 3.63) is 41.5 Å². The van der Waals surface area contributed by atoms with Gasteiger partial charge < -0.3 is 5.32 Å². The minimum Gasteiger partial charge on any atom is -0.302 e. The van der Waals surface area contributed by atoms with Gasteiger partial charge in [-0.25, -0.2) is 13.5 Å². The van der Waals surface area contributed by atoms with E-state index in [1.165, 1.54) is 4.68 Å². The summed E-state index contributed by atoms with van der Waals surface area (Å²) in [6.07, 6.45) is 3.67. The third-order valence-corrected chi connectivity index (χ3v) is 3.14. The van der Waals surface area contributed by atoms with Gasteiger partial charge in [-0.3, -0.25) is 4.98 Å². The topological polar surface area (TPSA) is 55.6 Å². The van der Waals surface area contributed by atoms with Gasteiger partial charge in [-0.05, 0) is 34.6 Å². The number of hydrogen-bond acceptors (Lipinski definition) is 4. The number of nitrogens with zero attached hydrogens (tertiary/aromatic N) is 4. The van der Waals surface area contributed by atoms with Crippen molar-refractivity contribution >= 4 is 0 Å². The van der Waals surface area contributed by atoms with E-state index in [0.717, 1.165) is 12.4 Å². The van der Waals surface area contributed by atoms with Gasteiger partial charge in [0.15, 0.2) is 0 Å². The van der Waals surface area contributed by atoms with E-state index in [0.29, 0.717) is 5.69 Å². The summed E-state index contributed by atoms with van der Waals surface area (Å²) in [4.78, 5) is 3.47. The maximum Gasteiger partial charge on any atom is 0.149 e. The number of hydrogen-bond donors (Lipinski definition) is 1. The van der Waals surface area contributed by atoms with Crippen LogP contribution in [0.2, 0.25) is 0 Å². The summed E-state index contributed by atoms with van der Waals surface area (Å²) in [6.45, 7) is 10.1. The van der Waals surface area contributed by atoms with Crippen molar-refractivity contribution in [3.8, 4) is 0 Å². The van der Waals surface area contributed by atoms with Crippen LogP contribution in [-0.2, 0) is 12.1 Å². The van der Waals surface area contributed by atoms with E-state index in [1.807, 2.05) is 13.8 Å². The predicted octanol–water partition coefficient (Wildman–Crippen LogP) is 2.62. The van der Waals surface area contributed by atoms with E-state index in [1.54, 1.807) is 6.20 Å². The molecule has 0 aromatic carbocycles. The Labute approximate surface area is 128 Å². The molecule has 0 spiro atoms. The molecule has 0 atom stereocenters. The molecule has 0 aliphatic carbocycles. The lowest BCUT2D eigenvalue weighted by molar-refractivity contribution is 0.280. The molecule has 0 aliphatic heterocycles. The minimum atomic E-state index is -0.691. The minimum absolute atomic E-state index is 0.0290. The van der Waals surface area contributed by atoms with Crippen LogP contribution in [-0.4, -0.2) is 25.5 Å². The maximum absolute atomic E-state index is 13.6. The van der Waals surface area contributed by atoms with Crippen LogP contribution >= 0.6 is 0 Å². The Bertz CT molecular complexity index is 638. The normalized spacial score (nSPS) is 12.7. The van der Waals surface area contributed by atoms with Crippen LogP contribution in [0.3, 0.4) is 0 Å². The van der Waals surface area contributed by atoms with Gasteiger partial charge in [0.05, 0.1) is 30.7 Å². The number of aromatic nitrogens is 4. The molecule has 2 rings (SSSR count). The van der Waals surface area contributed by atoms with Crippen molar-refractivity contribution in [1.29, 1.82) is 0 Å². The Kier molecular flexibility index (Phi) is 4.28. The molecule has 120 valence electrons. The van der Waals surface area contributed by atoms with Crippen LogP contribution in [0.5, 0.6) is 0 Å². The standard InChI is InChI=1S/C15H21F2N5/c1-14(2,3)20-15(4,5)13-9-22(21-19-13)8-10-11(16)6-18-7-12(10)17/h6-7,9,20H,8H2,1-5H3. The van der Waals surface area contributed by atoms with Crippen molar-refractivity contribution in [1.82, 2.24) is 25.3 Å². The summed E-state index contributed by atoms with van der Waals surface area (Å²) >= 11 is 0. The van der Waals surface area contributed by atoms with Crippen LogP contribution in [0.15, 0.2) is 18.6 Å². The third kappa shape index (κ3) is 3.85. The van der Waals surface area contributed by atoms with E-state index >= 15 is 0 Å². The summed E-state index contributed by atoms with van der Waals surface area (Å²) in [7, 11) is 0. The molecule has 7 heteroatoms. The molecule has 0 radical (unpaired) electrons. The second-order valence-corrected chi connectivity index (χ2v) is 6.88. The van der Waals surface area contributed by atoms with E-state index in [4.69, 9.17) is 0 Å². The average molecular weight is 309 g/mol. The Morgan fingerprint density at radius 3 is 2.23 bits per heavy atom. The molecule has 0 unspecified atom stereocenters. The fraction of sp³-hybridized carbons (Fsp3) is 0.533. The van der Waals surface area contributed by atoms with Gasteiger partial charge in [0.2, 0.25) is 0 Å². The highest BCUT2D eigenvalue weighted by molar-refractivity contribution is 5.16. The lowest BCUT2D eigenvalue weighted by atomic mass is 9.96. The molecule has 0 saturated carbocycles. The van der Waals surface area contributed by atoms with Gasteiger partial charge in [0, 0.05) is 11.1 Å². The second kappa shape index (κ2) is 5.72. The van der Waals surface area contributed by atoms with Gasteiger partial charge in [-0.1, -0.05) is 5.21 Å². The van der Waals surface area contributed by atoms with Crippen molar-refractivity contribution in [2.75, 3.05) is 0 Å². The quantitative estimate of drug-likeness (QED) is 0.943. The van der Waals surface area contributed by atoms with Crippen LogP contribution < -0.4 is 5.32 Å². The Morgan fingerprint density at radius 1 is 1.09 bits per heavy atom. The number of halogens is 2. The third-order valence-electron chi connectivity index (χ3n) is 3.14. The zero-order valence-corrected chi connectivity index (χ0v) is 13.5. The highest BCUT2D eigenvalue weighted by Gasteiger charge is 2.28. The predicted molar refractivity (Wildman–Crippen MR) is 79.2 cm³/mol. The van der Waals surface area contributed by atoms with Crippen LogP contribution in [0, 0.1) is 11.6 Å². The first-order valence-corrected chi connectivity index (χ1v) is 7.06. The molecule has 0 bridgehead atoms. The SMILES string of the molecule is CC(C)(C)NC(C)(C)c1cn(Cc2c(F)cncc2F)nn1. The lowest BCUT2D eigenvalue weighted by Crippen LogP contribution is -2.48. The van der Waals surface area contributed by atoms with Crippen molar-refractivity contribution in [2.24, 2.45) is 0 Å². The number of rotatable bonds is 4. The first-order chi connectivity index (χ1) is 10.1. The summed E-state index contributed by atoms with van der Waals surface area (Å²) in [5, 5.41) is 11.5. The Balaban J connectivity index is 2.22. The summed E-state index contributed by atoms with van der Waals surface area (Å²) in [5.74, 6) is -1.38. The first-order valence-electron chi connectivity index (χ1n) is 7.06. The first kappa shape index (κ1) is 16.5. The van der Waals surface area contributed by atoms with Crippen LogP contribution in [0.25, 0.3) is 0 Å². The smallest absolute Gasteiger partial charge is 0.149 e. The van der Waals surface area contributed by atoms with Crippen molar-refractivity contribution < 1.29 is 8.78 Å². The van der Waals surface area contributed by atoms with E-state index < -0.39 is 17.2 Å². The average Bonchev–Trinajstić information content (AvgIpc) is 2.80. The molecule has 0 aliphatic rings. The van der Waals surface area contributed by atoms with Gasteiger partial charge in [-0.15, -0.1) is 5.10 Å². The summed E-state index contributed by atoms with van der Waals surface area (Å²) < 4.78 is 28.7. The van der Waals surface area contributed by atoms with Crippen molar-refractivity contribution in [3.63, 3.8) is 0 Å². The number of nitrogens with one attached hydrogen (secondary N) is 1. The molecule has 1 N–H and O–H groups in total. The van der Waals surface area contributed by atoms with Crippen LogP contribution in [0.1, 0.15) is 45.9 Å². The molecule has 2 heterocycles.